The predicted octanol–water partition coefficient (Wildman–Crippen LogP) is 4.09. The largest absolute Gasteiger partial charge is 0.369 e. The highest BCUT2D eigenvalue weighted by Gasteiger charge is 2.49. The minimum absolute atomic E-state index is 0.0416. The summed E-state index contributed by atoms with van der Waals surface area (Å²) in [5.41, 5.74) is -0.146. The maximum absolute atomic E-state index is 6.28. The van der Waals surface area contributed by atoms with Crippen LogP contribution < -0.4 is 5.32 Å². The first-order chi connectivity index (χ1) is 9.25. The summed E-state index contributed by atoms with van der Waals surface area (Å²) < 4.78 is 6.28. The Kier molecular flexibility index (Phi) is 4.57. The van der Waals surface area contributed by atoms with Crippen LogP contribution >= 0.6 is 11.3 Å². The fourth-order valence-electron chi connectivity index (χ4n) is 3.39. The fraction of sp³-hybridized carbons (Fsp3) is 0.812. The lowest BCUT2D eigenvalue weighted by Crippen LogP contribution is -2.38. The monoisotopic (exact) mass is 296 g/mol. The Morgan fingerprint density at radius 3 is 2.60 bits per heavy atom. The lowest BCUT2D eigenvalue weighted by molar-refractivity contribution is -0.0777. The van der Waals surface area contributed by atoms with Gasteiger partial charge in [-0.3, -0.25) is 0 Å². The van der Waals surface area contributed by atoms with Crippen molar-refractivity contribution < 1.29 is 4.74 Å². The van der Waals surface area contributed by atoms with Gasteiger partial charge in [0.05, 0.1) is 16.2 Å². The fourth-order valence-corrected chi connectivity index (χ4v) is 4.31. The number of ether oxygens (including phenoxy) is 1. The zero-order valence-electron chi connectivity index (χ0n) is 13.6. The molecule has 0 bridgehead atoms. The third-order valence-corrected chi connectivity index (χ3v) is 5.10. The van der Waals surface area contributed by atoms with Crippen LogP contribution in [0.2, 0.25) is 0 Å². The van der Waals surface area contributed by atoms with Crippen molar-refractivity contribution in [2.45, 2.75) is 71.6 Å². The zero-order chi connectivity index (χ0) is 15.0. The molecule has 0 amide bonds. The van der Waals surface area contributed by atoms with E-state index in [1.54, 1.807) is 11.3 Å². The van der Waals surface area contributed by atoms with E-state index >= 15 is 0 Å². The maximum Gasteiger partial charge on any atom is 0.0897 e. The molecule has 0 aromatic carbocycles. The van der Waals surface area contributed by atoms with E-state index in [1.807, 2.05) is 6.20 Å². The van der Waals surface area contributed by atoms with E-state index < -0.39 is 0 Å². The number of aromatic nitrogens is 1. The van der Waals surface area contributed by atoms with Crippen molar-refractivity contribution in [3.05, 3.63) is 16.1 Å². The summed E-state index contributed by atoms with van der Waals surface area (Å²) in [5, 5.41) is 4.86. The van der Waals surface area contributed by atoms with Gasteiger partial charge in [-0.05, 0) is 54.0 Å². The van der Waals surface area contributed by atoms with Crippen molar-refractivity contribution in [3.63, 3.8) is 0 Å². The first kappa shape index (κ1) is 15.9. The summed E-state index contributed by atoms with van der Waals surface area (Å²) in [5.74, 6) is 0.476. The van der Waals surface area contributed by atoms with Gasteiger partial charge in [-0.2, -0.15) is 0 Å². The number of hydrogen-bond acceptors (Lipinski definition) is 4. The van der Waals surface area contributed by atoms with Crippen LogP contribution in [0.25, 0.3) is 0 Å². The summed E-state index contributed by atoms with van der Waals surface area (Å²) >= 11 is 1.80. The molecule has 1 fully saturated rings. The Labute approximate surface area is 127 Å². The van der Waals surface area contributed by atoms with Crippen LogP contribution in [0.15, 0.2) is 6.20 Å². The Bertz CT molecular complexity index is 453. The van der Waals surface area contributed by atoms with E-state index in [1.165, 1.54) is 4.88 Å². The third-order valence-electron chi connectivity index (χ3n) is 4.11. The van der Waals surface area contributed by atoms with E-state index in [0.29, 0.717) is 12.0 Å². The number of hydrogen-bond donors (Lipinski definition) is 1. The molecule has 0 saturated carbocycles. The van der Waals surface area contributed by atoms with Gasteiger partial charge in [0, 0.05) is 23.0 Å². The Balaban J connectivity index is 2.27. The molecular weight excluding hydrogens is 268 g/mol. The van der Waals surface area contributed by atoms with Crippen molar-refractivity contribution in [1.82, 2.24) is 10.3 Å². The second kappa shape index (κ2) is 5.74. The molecule has 1 aromatic rings. The quantitative estimate of drug-likeness (QED) is 0.889. The van der Waals surface area contributed by atoms with Gasteiger partial charge >= 0.3 is 0 Å². The van der Waals surface area contributed by atoms with Crippen LogP contribution in [-0.2, 0) is 4.74 Å². The Morgan fingerprint density at radius 1 is 1.45 bits per heavy atom. The van der Waals surface area contributed by atoms with Crippen molar-refractivity contribution >= 4 is 11.3 Å². The topological polar surface area (TPSA) is 34.2 Å². The van der Waals surface area contributed by atoms with Gasteiger partial charge < -0.3 is 10.1 Å². The molecule has 2 unspecified atom stereocenters. The molecule has 1 N–H and O–H groups in total. The highest BCUT2D eigenvalue weighted by atomic mass is 32.1. The third kappa shape index (κ3) is 3.41. The van der Waals surface area contributed by atoms with E-state index in [4.69, 9.17) is 4.74 Å². The molecule has 0 spiro atoms. The molecular formula is C16H28N2OS. The number of thiazole rings is 1. The number of rotatable bonds is 5. The van der Waals surface area contributed by atoms with Gasteiger partial charge in [0.1, 0.15) is 0 Å². The van der Waals surface area contributed by atoms with Gasteiger partial charge in [0.15, 0.2) is 0 Å². The second-order valence-electron chi connectivity index (χ2n) is 6.99. The molecule has 2 atom stereocenters. The molecule has 1 aliphatic rings. The molecule has 4 heteroatoms. The van der Waals surface area contributed by atoms with E-state index in [9.17, 15) is 0 Å². The Hall–Kier alpha value is -0.450. The van der Waals surface area contributed by atoms with Crippen LogP contribution in [0.4, 0.5) is 0 Å². The normalized spacial score (nSPS) is 25.8. The first-order valence-corrected chi connectivity index (χ1v) is 8.43. The van der Waals surface area contributed by atoms with Gasteiger partial charge in [0.25, 0.3) is 0 Å². The molecule has 1 aliphatic heterocycles. The van der Waals surface area contributed by atoms with Crippen LogP contribution in [0.5, 0.6) is 0 Å². The molecule has 114 valence electrons. The van der Waals surface area contributed by atoms with Crippen molar-refractivity contribution in [2.24, 2.45) is 5.92 Å². The van der Waals surface area contributed by atoms with Gasteiger partial charge in [-0.1, -0.05) is 6.92 Å². The van der Waals surface area contributed by atoms with Gasteiger partial charge in [0.2, 0.25) is 0 Å². The lowest BCUT2D eigenvalue weighted by atomic mass is 9.81. The van der Waals surface area contributed by atoms with Gasteiger partial charge in [-0.15, -0.1) is 11.3 Å². The number of nitrogens with zero attached hydrogens (tertiary/aromatic N) is 1. The van der Waals surface area contributed by atoms with Crippen molar-refractivity contribution in [3.8, 4) is 0 Å². The summed E-state index contributed by atoms with van der Waals surface area (Å²) in [4.78, 5) is 5.78. The summed E-state index contributed by atoms with van der Waals surface area (Å²) in [6, 6.07) is 0.345. The van der Waals surface area contributed by atoms with E-state index in [2.05, 4.69) is 51.8 Å². The second-order valence-corrected chi connectivity index (χ2v) is 8.26. The SMILES string of the molecule is CCCNC(c1cnc(C)s1)C1CC(C)(C)OC1(C)C. The van der Waals surface area contributed by atoms with Gasteiger partial charge in [-0.25, -0.2) is 4.98 Å². The molecule has 2 rings (SSSR count). The summed E-state index contributed by atoms with van der Waals surface area (Å²) in [6.45, 7) is 14.2. The number of aryl methyl sites for hydroxylation is 1. The summed E-state index contributed by atoms with van der Waals surface area (Å²) in [7, 11) is 0. The smallest absolute Gasteiger partial charge is 0.0897 e. The first-order valence-electron chi connectivity index (χ1n) is 7.61. The summed E-state index contributed by atoms with van der Waals surface area (Å²) in [6.07, 6.45) is 4.26. The minimum atomic E-state index is -0.104. The highest BCUT2D eigenvalue weighted by Crippen LogP contribution is 2.48. The molecule has 0 radical (unpaired) electrons. The lowest BCUT2D eigenvalue weighted by Gasteiger charge is -2.33. The molecule has 20 heavy (non-hydrogen) atoms. The number of nitrogens with one attached hydrogen (secondary N) is 1. The Morgan fingerprint density at radius 2 is 2.15 bits per heavy atom. The van der Waals surface area contributed by atoms with Crippen LogP contribution in [0.3, 0.4) is 0 Å². The molecule has 1 aromatic heterocycles. The van der Waals surface area contributed by atoms with Crippen LogP contribution in [0, 0.1) is 12.8 Å². The average molecular weight is 296 g/mol. The maximum atomic E-state index is 6.28. The molecule has 0 aliphatic carbocycles. The van der Waals surface area contributed by atoms with E-state index in [0.717, 1.165) is 24.4 Å². The minimum Gasteiger partial charge on any atom is -0.369 e. The molecule has 2 heterocycles. The van der Waals surface area contributed by atoms with Crippen LogP contribution in [0.1, 0.15) is 63.4 Å². The standard InChI is InChI=1S/C16H28N2OS/c1-7-8-17-14(13-10-18-11(2)20-13)12-9-15(3,4)19-16(12,5)6/h10,12,14,17H,7-9H2,1-6H3. The zero-order valence-corrected chi connectivity index (χ0v) is 14.4. The van der Waals surface area contributed by atoms with Crippen LogP contribution in [-0.4, -0.2) is 22.7 Å². The highest BCUT2D eigenvalue weighted by molar-refractivity contribution is 7.11. The van der Waals surface area contributed by atoms with Crippen molar-refractivity contribution in [2.75, 3.05) is 6.54 Å². The predicted molar refractivity (Wildman–Crippen MR) is 85.2 cm³/mol. The van der Waals surface area contributed by atoms with Crippen molar-refractivity contribution in [1.29, 1.82) is 0 Å². The molecule has 1 saturated heterocycles. The van der Waals surface area contributed by atoms with E-state index in [-0.39, 0.29) is 11.2 Å². The average Bonchev–Trinajstić information content (AvgIpc) is 2.81. The molecule has 3 nitrogen and oxygen atoms in total.